The Hall–Kier alpha value is -0.743. The van der Waals surface area contributed by atoms with E-state index >= 15 is 0 Å². The van der Waals surface area contributed by atoms with Gasteiger partial charge >= 0.3 is 18.9 Å². The van der Waals surface area contributed by atoms with E-state index in [1.807, 2.05) is 0 Å². The molecule has 16 heavy (non-hydrogen) atoms. The summed E-state index contributed by atoms with van der Waals surface area (Å²) in [4.78, 5) is 2.27. The summed E-state index contributed by atoms with van der Waals surface area (Å²) >= 11 is 0. The number of likely N-dealkylation sites (N-methyl/N-ethyl adjacent to an activating group) is 1. The van der Waals surface area contributed by atoms with Crippen molar-refractivity contribution in [3.05, 3.63) is 59.7 Å². The normalized spacial score (nSPS) is 15.8. The van der Waals surface area contributed by atoms with E-state index in [4.69, 9.17) is 0 Å². The molecule has 0 fully saturated rings. The Labute approximate surface area is 112 Å². The maximum Gasteiger partial charge on any atom is 1.00 e. The van der Waals surface area contributed by atoms with Gasteiger partial charge in [-0.1, -0.05) is 48.6 Å². The van der Waals surface area contributed by atoms with Gasteiger partial charge in [0.2, 0.25) is 0 Å². The zero-order chi connectivity index (χ0) is 10.7. The van der Waals surface area contributed by atoms with E-state index in [9.17, 15) is 0 Å². The summed E-state index contributed by atoms with van der Waals surface area (Å²) in [5, 5.41) is 0. The van der Waals surface area contributed by atoms with E-state index < -0.39 is 0 Å². The van der Waals surface area contributed by atoms with Crippen LogP contribution in [0.1, 0.15) is 19.5 Å². The minimum Gasteiger partial charge on any atom is -1.00 e. The molecule has 1 atom stereocenters. The van der Waals surface area contributed by atoms with E-state index in [1.165, 1.54) is 11.1 Å². The van der Waals surface area contributed by atoms with Gasteiger partial charge in [0.05, 0.1) is 6.04 Å². The van der Waals surface area contributed by atoms with E-state index in [-0.39, 0.29) is 20.3 Å². The molecule has 0 saturated carbocycles. The Balaban J connectivity index is 0.00000128. The first-order valence-corrected chi connectivity index (χ1v) is 5.36. The average molecular weight is 207 g/mol. The number of allylic oxidation sites excluding steroid dienone is 3. The Kier molecular flexibility index (Phi) is 5.08. The summed E-state index contributed by atoms with van der Waals surface area (Å²) in [7, 11) is 4.27. The van der Waals surface area contributed by atoms with Gasteiger partial charge in [0.25, 0.3) is 0 Å². The zero-order valence-corrected chi connectivity index (χ0v) is 10.4. The van der Waals surface area contributed by atoms with E-state index in [0.717, 1.165) is 6.42 Å². The van der Waals surface area contributed by atoms with Crippen molar-refractivity contribution in [3.8, 4) is 0 Å². The molecule has 0 spiro atoms. The van der Waals surface area contributed by atoms with Crippen LogP contribution in [0.15, 0.2) is 54.1 Å². The maximum absolute atomic E-state index is 2.27. The van der Waals surface area contributed by atoms with Gasteiger partial charge in [0.1, 0.15) is 0 Å². The van der Waals surface area contributed by atoms with Crippen LogP contribution in [-0.4, -0.2) is 19.0 Å². The molecule has 1 aliphatic carbocycles. The summed E-state index contributed by atoms with van der Waals surface area (Å²) in [5.74, 6) is 0. The molecule has 0 bridgehead atoms. The molecule has 1 unspecified atom stereocenters. The van der Waals surface area contributed by atoms with Gasteiger partial charge < -0.3 is 1.43 Å². The Morgan fingerprint density at radius 2 is 1.88 bits per heavy atom. The molecular weight excluding hydrogens is 189 g/mol. The van der Waals surface area contributed by atoms with Gasteiger partial charge in [-0.3, -0.25) is 4.90 Å². The second kappa shape index (κ2) is 6.11. The van der Waals surface area contributed by atoms with Crippen molar-refractivity contribution in [2.45, 2.75) is 12.5 Å². The Morgan fingerprint density at radius 1 is 1.19 bits per heavy atom. The van der Waals surface area contributed by atoms with Crippen LogP contribution in [0.4, 0.5) is 0 Å². The smallest absolute Gasteiger partial charge is 1.00 e. The van der Waals surface area contributed by atoms with Gasteiger partial charge in [-0.25, -0.2) is 0 Å². The SMILES string of the molecule is CN(C)C(C1=CC=CC1)c1ccccc1.[H-].[Li+]. The fourth-order valence-electron chi connectivity index (χ4n) is 2.15. The zero-order valence-electron chi connectivity index (χ0n) is 11.4. The first-order chi connectivity index (χ1) is 7.29. The number of rotatable bonds is 3. The Bertz CT molecular complexity index is 384. The van der Waals surface area contributed by atoms with Gasteiger partial charge in [-0.05, 0) is 31.7 Å². The van der Waals surface area contributed by atoms with Crippen LogP contribution in [0.3, 0.4) is 0 Å². The molecule has 2 heteroatoms. The molecule has 0 heterocycles. The van der Waals surface area contributed by atoms with Crippen LogP contribution in [0.25, 0.3) is 0 Å². The van der Waals surface area contributed by atoms with Crippen LogP contribution in [0, 0.1) is 0 Å². The van der Waals surface area contributed by atoms with Crippen LogP contribution in [0.2, 0.25) is 0 Å². The van der Waals surface area contributed by atoms with Crippen molar-refractivity contribution in [3.63, 3.8) is 0 Å². The van der Waals surface area contributed by atoms with Gasteiger partial charge in [-0.15, -0.1) is 0 Å². The summed E-state index contributed by atoms with van der Waals surface area (Å²) < 4.78 is 0. The number of nitrogens with zero attached hydrogens (tertiary/aromatic N) is 1. The molecule has 1 nitrogen and oxygen atoms in total. The molecule has 0 amide bonds. The monoisotopic (exact) mass is 207 g/mol. The summed E-state index contributed by atoms with van der Waals surface area (Å²) in [6, 6.07) is 11.1. The predicted octanol–water partition coefficient (Wildman–Crippen LogP) is 0.292. The molecule has 1 aromatic rings. The van der Waals surface area contributed by atoms with Gasteiger partial charge in [0.15, 0.2) is 0 Å². The summed E-state index contributed by atoms with van der Waals surface area (Å²) in [5.41, 5.74) is 2.85. The second-order valence-corrected chi connectivity index (χ2v) is 4.15. The average Bonchev–Trinajstić information content (AvgIpc) is 2.72. The van der Waals surface area contributed by atoms with Crippen molar-refractivity contribution in [1.29, 1.82) is 0 Å². The molecule has 80 valence electrons. The number of benzene rings is 1. The molecule has 1 aliphatic rings. The first-order valence-electron chi connectivity index (χ1n) is 5.36. The standard InChI is InChI=1S/C14H17N.Li.H/c1-15(2)14(13-10-6-7-11-13)12-8-4-3-5-9-12;;/h3-10,14H,11H2,1-2H3;;/q;+1;-1. The fourth-order valence-corrected chi connectivity index (χ4v) is 2.15. The minimum atomic E-state index is 0. The Morgan fingerprint density at radius 3 is 2.38 bits per heavy atom. The third kappa shape index (κ3) is 2.89. The van der Waals surface area contributed by atoms with Crippen LogP contribution < -0.4 is 18.9 Å². The molecule has 0 N–H and O–H groups in total. The largest absolute Gasteiger partial charge is 1.00 e. The third-order valence-corrected chi connectivity index (χ3v) is 2.78. The van der Waals surface area contributed by atoms with Crippen molar-refractivity contribution < 1.29 is 20.3 Å². The number of hydrogen-bond acceptors (Lipinski definition) is 1. The van der Waals surface area contributed by atoms with Crippen molar-refractivity contribution >= 4 is 0 Å². The molecule has 0 radical (unpaired) electrons. The molecule has 0 aromatic heterocycles. The van der Waals surface area contributed by atoms with E-state index in [1.54, 1.807) is 0 Å². The minimum absolute atomic E-state index is 0. The second-order valence-electron chi connectivity index (χ2n) is 4.15. The molecule has 0 aliphatic heterocycles. The van der Waals surface area contributed by atoms with Crippen LogP contribution in [0.5, 0.6) is 0 Å². The van der Waals surface area contributed by atoms with E-state index in [2.05, 4.69) is 67.6 Å². The third-order valence-electron chi connectivity index (χ3n) is 2.78. The quantitative estimate of drug-likeness (QED) is 0.644. The maximum atomic E-state index is 2.27. The van der Waals surface area contributed by atoms with Gasteiger partial charge in [-0.2, -0.15) is 0 Å². The van der Waals surface area contributed by atoms with Crippen molar-refractivity contribution in [2.24, 2.45) is 0 Å². The molecule has 0 saturated heterocycles. The summed E-state index contributed by atoms with van der Waals surface area (Å²) in [6.45, 7) is 0. The van der Waals surface area contributed by atoms with E-state index in [0.29, 0.717) is 6.04 Å². The first kappa shape index (κ1) is 13.3. The van der Waals surface area contributed by atoms with Crippen molar-refractivity contribution in [1.82, 2.24) is 4.90 Å². The molecule has 2 rings (SSSR count). The summed E-state index contributed by atoms with van der Waals surface area (Å²) in [6.07, 6.45) is 7.68. The fraction of sp³-hybridized carbons (Fsp3) is 0.286. The van der Waals surface area contributed by atoms with Gasteiger partial charge in [0, 0.05) is 0 Å². The predicted molar refractivity (Wildman–Crippen MR) is 65.8 cm³/mol. The van der Waals surface area contributed by atoms with Crippen LogP contribution in [-0.2, 0) is 0 Å². The van der Waals surface area contributed by atoms with Crippen LogP contribution >= 0.6 is 0 Å². The molecular formula is C14H18LiN. The topological polar surface area (TPSA) is 3.24 Å². The molecule has 1 aromatic carbocycles. The number of hydrogen-bond donors (Lipinski definition) is 0. The van der Waals surface area contributed by atoms with Crippen molar-refractivity contribution in [2.75, 3.05) is 14.1 Å².